The second-order valence-corrected chi connectivity index (χ2v) is 5.66. The van der Waals surface area contributed by atoms with Crippen LogP contribution in [0.25, 0.3) is 0 Å². The van der Waals surface area contributed by atoms with E-state index in [0.717, 1.165) is 36.0 Å². The molecular weight excluding hydrogens is 262 g/mol. The summed E-state index contributed by atoms with van der Waals surface area (Å²) in [5, 5.41) is 12.0. The first-order valence-corrected chi connectivity index (χ1v) is 7.40. The fourth-order valence-corrected chi connectivity index (χ4v) is 2.20. The van der Waals surface area contributed by atoms with Crippen LogP contribution < -0.4 is 10.2 Å². The Morgan fingerprint density at radius 3 is 2.67 bits per heavy atom. The zero-order valence-electron chi connectivity index (χ0n) is 12.6. The molecule has 0 saturated heterocycles. The minimum Gasteiger partial charge on any atom is -0.352 e. The molecule has 1 fully saturated rings. The quantitative estimate of drug-likeness (QED) is 0.879. The van der Waals surface area contributed by atoms with Gasteiger partial charge in [-0.05, 0) is 44.0 Å². The third-order valence-corrected chi connectivity index (χ3v) is 3.59. The Hall–Kier alpha value is -2.01. The van der Waals surface area contributed by atoms with Crippen LogP contribution >= 0.6 is 0 Å². The normalized spacial score (nSPS) is 14.2. The van der Waals surface area contributed by atoms with Crippen LogP contribution in [0.4, 0.5) is 5.82 Å². The first-order valence-electron chi connectivity index (χ1n) is 7.40. The number of rotatable bonds is 6. The maximum atomic E-state index is 4.51. The van der Waals surface area contributed by atoms with Crippen LogP contribution in [0.5, 0.6) is 0 Å². The van der Waals surface area contributed by atoms with Gasteiger partial charge < -0.3 is 10.2 Å². The van der Waals surface area contributed by atoms with E-state index in [1.807, 2.05) is 44.3 Å². The van der Waals surface area contributed by atoms with Gasteiger partial charge in [0.25, 0.3) is 0 Å². The van der Waals surface area contributed by atoms with Crippen molar-refractivity contribution in [1.82, 2.24) is 20.5 Å². The molecule has 0 aliphatic heterocycles. The lowest BCUT2D eigenvalue weighted by Crippen LogP contribution is -2.20. The molecule has 0 unspecified atom stereocenters. The lowest BCUT2D eigenvalue weighted by atomic mass is 10.3. The summed E-state index contributed by atoms with van der Waals surface area (Å²) in [7, 11) is 2.01. The number of anilines is 1. The van der Waals surface area contributed by atoms with Crippen molar-refractivity contribution in [3.8, 4) is 0 Å². The summed E-state index contributed by atoms with van der Waals surface area (Å²) in [5.41, 5.74) is 3.07. The minimum absolute atomic E-state index is 0.696. The zero-order valence-corrected chi connectivity index (χ0v) is 12.6. The van der Waals surface area contributed by atoms with Crippen LogP contribution in [-0.4, -0.2) is 28.3 Å². The van der Waals surface area contributed by atoms with Crippen LogP contribution in [0, 0.1) is 6.92 Å². The molecule has 2 aromatic heterocycles. The van der Waals surface area contributed by atoms with Gasteiger partial charge in [0.1, 0.15) is 0 Å². The highest BCUT2D eigenvalue weighted by atomic mass is 15.2. The summed E-state index contributed by atoms with van der Waals surface area (Å²) in [4.78, 5) is 6.57. The molecule has 0 atom stereocenters. The predicted octanol–water partition coefficient (Wildman–Crippen LogP) is 2.07. The van der Waals surface area contributed by atoms with E-state index in [1.165, 1.54) is 12.8 Å². The predicted molar refractivity (Wildman–Crippen MR) is 83.0 cm³/mol. The summed E-state index contributed by atoms with van der Waals surface area (Å²) in [5.74, 6) is 0.869. The number of aromatic nitrogens is 3. The fourth-order valence-electron chi connectivity index (χ4n) is 2.20. The molecule has 21 heavy (non-hydrogen) atoms. The summed E-state index contributed by atoms with van der Waals surface area (Å²) in [6.45, 7) is 3.54. The molecule has 3 rings (SSSR count). The molecule has 1 saturated carbocycles. The molecule has 5 heteroatoms. The summed E-state index contributed by atoms with van der Waals surface area (Å²) < 4.78 is 0. The van der Waals surface area contributed by atoms with Gasteiger partial charge in [-0.25, -0.2) is 0 Å². The maximum absolute atomic E-state index is 4.51. The standard InChI is InChI=1S/C16H21N5/c1-12-4-3-5-15(18-12)11-21(2)16-9-8-14(19-20-16)10-17-13-6-7-13/h3-5,8-9,13,17H,6-7,10-11H2,1-2H3. The van der Waals surface area contributed by atoms with Gasteiger partial charge in [0.05, 0.1) is 17.9 Å². The molecule has 1 N–H and O–H groups in total. The van der Waals surface area contributed by atoms with Gasteiger partial charge in [0, 0.05) is 25.3 Å². The highest BCUT2D eigenvalue weighted by molar-refractivity contribution is 5.36. The van der Waals surface area contributed by atoms with Crippen molar-refractivity contribution in [1.29, 1.82) is 0 Å². The molecule has 110 valence electrons. The van der Waals surface area contributed by atoms with E-state index in [1.54, 1.807) is 0 Å². The van der Waals surface area contributed by atoms with E-state index >= 15 is 0 Å². The molecule has 0 radical (unpaired) electrons. The van der Waals surface area contributed by atoms with Gasteiger partial charge in [0.15, 0.2) is 5.82 Å². The van der Waals surface area contributed by atoms with Gasteiger partial charge in [-0.3, -0.25) is 4.98 Å². The monoisotopic (exact) mass is 283 g/mol. The van der Waals surface area contributed by atoms with Crippen molar-refractivity contribution in [3.63, 3.8) is 0 Å². The Labute approximate surface area is 125 Å². The topological polar surface area (TPSA) is 53.9 Å². The number of nitrogens with zero attached hydrogens (tertiary/aromatic N) is 4. The Morgan fingerprint density at radius 2 is 2.00 bits per heavy atom. The molecule has 0 bridgehead atoms. The van der Waals surface area contributed by atoms with Crippen molar-refractivity contribution in [2.75, 3.05) is 11.9 Å². The SMILES string of the molecule is Cc1cccc(CN(C)c2ccc(CNC3CC3)nn2)n1. The second-order valence-electron chi connectivity index (χ2n) is 5.66. The average molecular weight is 283 g/mol. The molecular formula is C16H21N5. The van der Waals surface area contributed by atoms with Crippen molar-refractivity contribution in [2.45, 2.75) is 38.9 Å². The molecule has 5 nitrogen and oxygen atoms in total. The molecule has 1 aliphatic carbocycles. The molecule has 0 aromatic carbocycles. The van der Waals surface area contributed by atoms with E-state index < -0.39 is 0 Å². The van der Waals surface area contributed by atoms with Crippen molar-refractivity contribution < 1.29 is 0 Å². The maximum Gasteiger partial charge on any atom is 0.151 e. The number of nitrogens with one attached hydrogen (secondary N) is 1. The van der Waals surface area contributed by atoms with E-state index in [2.05, 4.69) is 25.4 Å². The highest BCUT2D eigenvalue weighted by Gasteiger charge is 2.20. The Balaban J connectivity index is 1.59. The highest BCUT2D eigenvalue weighted by Crippen LogP contribution is 2.19. The fraction of sp³-hybridized carbons (Fsp3) is 0.438. The zero-order chi connectivity index (χ0) is 14.7. The smallest absolute Gasteiger partial charge is 0.151 e. The largest absolute Gasteiger partial charge is 0.352 e. The molecule has 1 aliphatic rings. The van der Waals surface area contributed by atoms with E-state index in [4.69, 9.17) is 0 Å². The lowest BCUT2D eigenvalue weighted by molar-refractivity contribution is 0.664. The lowest BCUT2D eigenvalue weighted by Gasteiger charge is -2.17. The Bertz CT molecular complexity index is 592. The van der Waals surface area contributed by atoms with Gasteiger partial charge in [-0.1, -0.05) is 6.07 Å². The van der Waals surface area contributed by atoms with Crippen LogP contribution in [0.3, 0.4) is 0 Å². The van der Waals surface area contributed by atoms with Gasteiger partial charge in [-0.15, -0.1) is 5.10 Å². The third-order valence-electron chi connectivity index (χ3n) is 3.59. The number of aryl methyl sites for hydroxylation is 1. The molecule has 0 amide bonds. The second kappa shape index (κ2) is 6.18. The van der Waals surface area contributed by atoms with Gasteiger partial charge >= 0.3 is 0 Å². The first-order chi connectivity index (χ1) is 10.2. The van der Waals surface area contributed by atoms with E-state index in [0.29, 0.717) is 6.04 Å². The number of hydrogen-bond donors (Lipinski definition) is 1. The minimum atomic E-state index is 0.696. The molecule has 0 spiro atoms. The summed E-state index contributed by atoms with van der Waals surface area (Å²) >= 11 is 0. The van der Waals surface area contributed by atoms with Crippen LogP contribution in [0.2, 0.25) is 0 Å². The van der Waals surface area contributed by atoms with E-state index in [-0.39, 0.29) is 0 Å². The van der Waals surface area contributed by atoms with Crippen molar-refractivity contribution in [3.05, 3.63) is 47.4 Å². The number of hydrogen-bond acceptors (Lipinski definition) is 5. The van der Waals surface area contributed by atoms with Gasteiger partial charge in [0.2, 0.25) is 0 Å². The van der Waals surface area contributed by atoms with Crippen molar-refractivity contribution >= 4 is 5.82 Å². The first kappa shape index (κ1) is 13.9. The van der Waals surface area contributed by atoms with Crippen LogP contribution in [-0.2, 0) is 13.1 Å². The van der Waals surface area contributed by atoms with Crippen molar-refractivity contribution in [2.24, 2.45) is 0 Å². The van der Waals surface area contributed by atoms with Gasteiger partial charge in [-0.2, -0.15) is 5.10 Å². The van der Waals surface area contributed by atoms with Crippen LogP contribution in [0.15, 0.2) is 30.3 Å². The summed E-state index contributed by atoms with van der Waals surface area (Å²) in [6.07, 6.45) is 2.58. The Morgan fingerprint density at radius 1 is 1.14 bits per heavy atom. The molecule has 2 heterocycles. The Kier molecular flexibility index (Phi) is 4.10. The van der Waals surface area contributed by atoms with Crippen LogP contribution in [0.1, 0.15) is 29.9 Å². The number of pyridine rings is 1. The summed E-state index contributed by atoms with van der Waals surface area (Å²) in [6, 6.07) is 10.8. The molecule has 2 aromatic rings. The third kappa shape index (κ3) is 3.98. The van der Waals surface area contributed by atoms with E-state index in [9.17, 15) is 0 Å². The average Bonchev–Trinajstić information content (AvgIpc) is 3.30.